The maximum absolute atomic E-state index is 4.25. The number of nitrogens with zero attached hydrogens (tertiary/aromatic N) is 3. The van der Waals surface area contributed by atoms with E-state index in [1.165, 1.54) is 0 Å². The van der Waals surface area contributed by atoms with Crippen molar-refractivity contribution >= 4 is 6.20 Å². The fraction of sp³-hybridized carbons (Fsp3) is 0.250. The van der Waals surface area contributed by atoms with Gasteiger partial charge in [-0.25, -0.2) is 9.98 Å². The molecule has 62 valence electrons. The van der Waals surface area contributed by atoms with Gasteiger partial charge in [0.25, 0.3) is 0 Å². The van der Waals surface area contributed by atoms with Gasteiger partial charge in [0.15, 0.2) is 5.49 Å². The fourth-order valence-electron chi connectivity index (χ4n) is 1.09. The zero-order valence-corrected chi connectivity index (χ0v) is 6.91. The molecular formula is C8H10N4. The lowest BCUT2D eigenvalue weighted by atomic mass is 10.4. The van der Waals surface area contributed by atoms with Crippen LogP contribution in [0.3, 0.4) is 0 Å². The molecule has 0 radical (unpaired) electrons. The monoisotopic (exact) mass is 162 g/mol. The van der Waals surface area contributed by atoms with E-state index in [-0.39, 0.29) is 0 Å². The maximum Gasteiger partial charge on any atom is 0.176 e. The number of allylic oxidation sites excluding steroid dienone is 1. The summed E-state index contributed by atoms with van der Waals surface area (Å²) in [4.78, 5) is 13.3. The van der Waals surface area contributed by atoms with E-state index < -0.39 is 0 Å². The Hall–Kier alpha value is -1.58. The minimum Gasteiger partial charge on any atom is -0.342 e. The van der Waals surface area contributed by atoms with Crippen molar-refractivity contribution in [3.05, 3.63) is 29.4 Å². The Morgan fingerprint density at radius 1 is 1.75 bits per heavy atom. The molecule has 0 spiro atoms. The van der Waals surface area contributed by atoms with Crippen LogP contribution in [0.5, 0.6) is 0 Å². The number of nitrogens with one attached hydrogen (secondary N) is 1. The Morgan fingerprint density at radius 2 is 2.58 bits per heavy atom. The van der Waals surface area contributed by atoms with Crippen molar-refractivity contribution in [1.82, 2.24) is 14.9 Å². The third kappa shape index (κ3) is 1.01. The summed E-state index contributed by atoms with van der Waals surface area (Å²) in [6, 6.07) is 0. The van der Waals surface area contributed by atoms with E-state index in [9.17, 15) is 0 Å². The number of rotatable bonds is 1. The number of fused-ring (bicyclic) bond motifs is 1. The largest absolute Gasteiger partial charge is 0.342 e. The van der Waals surface area contributed by atoms with E-state index in [4.69, 9.17) is 0 Å². The minimum atomic E-state index is 0.618. The molecule has 0 unspecified atom stereocenters. The van der Waals surface area contributed by atoms with Crippen molar-refractivity contribution in [3.8, 4) is 0 Å². The number of aromatic nitrogens is 2. The lowest BCUT2D eigenvalue weighted by Gasteiger charge is -2.18. The molecule has 1 aromatic rings. The summed E-state index contributed by atoms with van der Waals surface area (Å²) in [7, 11) is 0. The van der Waals surface area contributed by atoms with Crippen molar-refractivity contribution in [2.75, 3.05) is 6.67 Å². The first-order valence-corrected chi connectivity index (χ1v) is 3.75. The normalized spacial score (nSPS) is 14.6. The van der Waals surface area contributed by atoms with E-state index in [0.717, 1.165) is 16.5 Å². The van der Waals surface area contributed by atoms with Gasteiger partial charge >= 0.3 is 0 Å². The summed E-state index contributed by atoms with van der Waals surface area (Å²) < 4.78 is 0. The fourth-order valence-corrected chi connectivity index (χ4v) is 1.09. The van der Waals surface area contributed by atoms with Crippen LogP contribution >= 0.6 is 0 Å². The molecule has 1 aliphatic heterocycles. The van der Waals surface area contributed by atoms with Crippen molar-refractivity contribution in [1.29, 1.82) is 0 Å². The van der Waals surface area contributed by atoms with E-state index in [1.807, 2.05) is 18.0 Å². The summed E-state index contributed by atoms with van der Waals surface area (Å²) in [6.07, 6.45) is 3.62. The molecule has 0 bridgehead atoms. The quantitative estimate of drug-likeness (QED) is 0.609. The number of hydrogen-bond donors (Lipinski definition) is 1. The third-order valence-corrected chi connectivity index (χ3v) is 1.80. The van der Waals surface area contributed by atoms with Crippen LogP contribution in [0.4, 0.5) is 0 Å². The SMILES string of the molecule is C=C(C)N1C=c2[nH]cnc2=NC1. The summed E-state index contributed by atoms with van der Waals surface area (Å²) >= 11 is 0. The summed E-state index contributed by atoms with van der Waals surface area (Å²) in [5.74, 6) is 0. The van der Waals surface area contributed by atoms with Gasteiger partial charge in [-0.15, -0.1) is 0 Å². The molecule has 0 saturated carbocycles. The first kappa shape index (κ1) is 7.09. The Kier molecular flexibility index (Phi) is 1.46. The molecule has 1 aliphatic rings. The Labute approximate surface area is 70.0 Å². The van der Waals surface area contributed by atoms with Crippen molar-refractivity contribution in [2.45, 2.75) is 6.92 Å². The van der Waals surface area contributed by atoms with Crippen LogP contribution in [0, 0.1) is 0 Å². The molecule has 4 heteroatoms. The highest BCUT2D eigenvalue weighted by Gasteiger charge is 2.04. The van der Waals surface area contributed by atoms with E-state index in [0.29, 0.717) is 6.67 Å². The van der Waals surface area contributed by atoms with Crippen molar-refractivity contribution in [3.63, 3.8) is 0 Å². The van der Waals surface area contributed by atoms with Crippen LogP contribution in [0.25, 0.3) is 6.20 Å². The van der Waals surface area contributed by atoms with Gasteiger partial charge in [0.1, 0.15) is 12.0 Å². The van der Waals surface area contributed by atoms with E-state index in [1.54, 1.807) is 6.33 Å². The van der Waals surface area contributed by atoms with Gasteiger partial charge < -0.3 is 9.88 Å². The maximum atomic E-state index is 4.25. The third-order valence-electron chi connectivity index (χ3n) is 1.80. The molecule has 0 fully saturated rings. The smallest absolute Gasteiger partial charge is 0.176 e. The predicted molar refractivity (Wildman–Crippen MR) is 45.4 cm³/mol. The molecule has 0 aromatic carbocycles. The molecule has 1 N–H and O–H groups in total. The minimum absolute atomic E-state index is 0.618. The highest BCUT2D eigenvalue weighted by Crippen LogP contribution is 2.00. The van der Waals surface area contributed by atoms with Crippen LogP contribution in [-0.2, 0) is 0 Å². The second-order valence-corrected chi connectivity index (χ2v) is 2.77. The Balaban J connectivity index is 2.52. The van der Waals surface area contributed by atoms with Crippen LogP contribution in [0.15, 0.2) is 23.6 Å². The highest BCUT2D eigenvalue weighted by molar-refractivity contribution is 5.22. The van der Waals surface area contributed by atoms with Gasteiger partial charge in [0.05, 0.1) is 6.33 Å². The zero-order valence-electron chi connectivity index (χ0n) is 6.91. The van der Waals surface area contributed by atoms with Gasteiger partial charge in [0.2, 0.25) is 0 Å². The van der Waals surface area contributed by atoms with Gasteiger partial charge in [-0.3, -0.25) is 0 Å². The molecule has 12 heavy (non-hydrogen) atoms. The molecule has 0 amide bonds. The second-order valence-electron chi connectivity index (χ2n) is 2.77. The molecule has 0 saturated heterocycles. The van der Waals surface area contributed by atoms with Crippen LogP contribution < -0.4 is 10.8 Å². The average Bonchev–Trinajstić information content (AvgIpc) is 2.49. The summed E-state index contributed by atoms with van der Waals surface area (Å²) in [5, 5.41) is 0.948. The second kappa shape index (κ2) is 2.48. The van der Waals surface area contributed by atoms with Crippen molar-refractivity contribution in [2.24, 2.45) is 4.99 Å². The lowest BCUT2D eigenvalue weighted by molar-refractivity contribution is 0.505. The van der Waals surface area contributed by atoms with Gasteiger partial charge in [-0.2, -0.15) is 0 Å². The molecule has 0 atom stereocenters. The van der Waals surface area contributed by atoms with E-state index in [2.05, 4.69) is 21.5 Å². The summed E-state index contributed by atoms with van der Waals surface area (Å²) in [5.41, 5.74) is 1.77. The topological polar surface area (TPSA) is 44.3 Å². The van der Waals surface area contributed by atoms with Crippen LogP contribution in [0.2, 0.25) is 0 Å². The molecule has 2 heterocycles. The number of H-pyrrole nitrogens is 1. The molecule has 2 rings (SSSR count). The van der Waals surface area contributed by atoms with Crippen LogP contribution in [-0.4, -0.2) is 21.5 Å². The molecule has 0 aliphatic carbocycles. The van der Waals surface area contributed by atoms with Crippen LogP contribution in [0.1, 0.15) is 6.92 Å². The summed E-state index contributed by atoms with van der Waals surface area (Å²) in [6.45, 7) is 6.41. The lowest BCUT2D eigenvalue weighted by Crippen LogP contribution is -2.35. The number of aromatic amines is 1. The first-order valence-electron chi connectivity index (χ1n) is 3.75. The highest BCUT2D eigenvalue weighted by atomic mass is 15.2. The van der Waals surface area contributed by atoms with E-state index >= 15 is 0 Å². The number of hydrogen-bond acceptors (Lipinski definition) is 3. The van der Waals surface area contributed by atoms with Crippen molar-refractivity contribution < 1.29 is 0 Å². The predicted octanol–water partition coefficient (Wildman–Crippen LogP) is -0.426. The number of imidazole rings is 1. The molecular weight excluding hydrogens is 152 g/mol. The molecule has 4 nitrogen and oxygen atoms in total. The Bertz CT molecular complexity index is 415. The Morgan fingerprint density at radius 3 is 3.33 bits per heavy atom. The van der Waals surface area contributed by atoms with Gasteiger partial charge in [-0.05, 0) is 6.92 Å². The molecule has 1 aromatic heterocycles. The van der Waals surface area contributed by atoms with Gasteiger partial charge in [0, 0.05) is 11.9 Å². The first-order chi connectivity index (χ1) is 5.77. The van der Waals surface area contributed by atoms with Gasteiger partial charge in [-0.1, -0.05) is 6.58 Å². The zero-order chi connectivity index (χ0) is 8.55. The average molecular weight is 162 g/mol. The standard InChI is InChI=1S/C8H10N4/c1-6(2)12-3-7-8(11-5-12)10-4-9-7/h3-4H,1,5H2,2H3,(H,9,10,11).